The van der Waals surface area contributed by atoms with E-state index in [4.69, 9.17) is 11.5 Å². The third-order valence-electron chi connectivity index (χ3n) is 3.39. The van der Waals surface area contributed by atoms with Gasteiger partial charge in [0.05, 0.1) is 12.5 Å². The molecule has 17 heavy (non-hydrogen) atoms. The quantitative estimate of drug-likeness (QED) is 0.546. The van der Waals surface area contributed by atoms with E-state index in [1.165, 1.54) is 12.8 Å². The first-order valence-electron chi connectivity index (χ1n) is 6.14. The van der Waals surface area contributed by atoms with E-state index in [0.717, 1.165) is 25.6 Å². The molecule has 6 heteroatoms. The van der Waals surface area contributed by atoms with Gasteiger partial charge in [-0.1, -0.05) is 0 Å². The molecule has 0 spiro atoms. The van der Waals surface area contributed by atoms with Crippen LogP contribution < -0.4 is 16.8 Å². The van der Waals surface area contributed by atoms with Gasteiger partial charge >= 0.3 is 0 Å². The fourth-order valence-corrected chi connectivity index (χ4v) is 2.29. The first kappa shape index (κ1) is 12.3. The van der Waals surface area contributed by atoms with Crippen LogP contribution in [0.1, 0.15) is 25.7 Å². The summed E-state index contributed by atoms with van der Waals surface area (Å²) in [6, 6.07) is 0.0840. The van der Waals surface area contributed by atoms with Crippen LogP contribution in [0.5, 0.6) is 0 Å². The minimum atomic E-state index is -0.817. The van der Waals surface area contributed by atoms with E-state index < -0.39 is 11.9 Å². The smallest absolute Gasteiger partial charge is 0.237 e. The fraction of sp³-hybridized carbons (Fsp3) is 0.818. The highest BCUT2D eigenvalue weighted by molar-refractivity contribution is 5.87. The molecule has 0 aromatic carbocycles. The van der Waals surface area contributed by atoms with Gasteiger partial charge in [-0.15, -0.1) is 0 Å². The first-order chi connectivity index (χ1) is 8.06. The number of carbonyl (C=O) groups is 2. The van der Waals surface area contributed by atoms with E-state index in [1.807, 2.05) is 0 Å². The minimum absolute atomic E-state index is 0.0924. The van der Waals surface area contributed by atoms with Crippen molar-refractivity contribution in [1.82, 2.24) is 10.2 Å². The van der Waals surface area contributed by atoms with Crippen LogP contribution in [0.3, 0.4) is 0 Å². The van der Waals surface area contributed by atoms with Gasteiger partial charge in [0.25, 0.3) is 0 Å². The maximum atomic E-state index is 11.7. The summed E-state index contributed by atoms with van der Waals surface area (Å²) in [6.07, 6.45) is 3.43. The van der Waals surface area contributed by atoms with Crippen molar-refractivity contribution in [3.05, 3.63) is 0 Å². The molecule has 2 unspecified atom stereocenters. The molecule has 5 N–H and O–H groups in total. The van der Waals surface area contributed by atoms with Crippen LogP contribution in [0, 0.1) is 0 Å². The molecule has 2 aliphatic rings. The molecular formula is C11H20N4O2. The average Bonchev–Trinajstić information content (AvgIpc) is 2.99. The molecule has 2 rings (SSSR count). The summed E-state index contributed by atoms with van der Waals surface area (Å²) in [5.74, 6) is -0.815. The highest BCUT2D eigenvalue weighted by Crippen LogP contribution is 2.29. The van der Waals surface area contributed by atoms with Gasteiger partial charge < -0.3 is 16.8 Å². The van der Waals surface area contributed by atoms with Gasteiger partial charge in [-0.05, 0) is 19.3 Å². The predicted octanol–water partition coefficient (Wildman–Crippen LogP) is -1.46. The molecule has 96 valence electrons. The second-order valence-corrected chi connectivity index (χ2v) is 5.00. The zero-order valence-corrected chi connectivity index (χ0v) is 9.89. The van der Waals surface area contributed by atoms with Crippen LogP contribution in [0.4, 0.5) is 0 Å². The maximum absolute atomic E-state index is 11.7. The van der Waals surface area contributed by atoms with Crippen molar-refractivity contribution in [2.24, 2.45) is 11.5 Å². The van der Waals surface area contributed by atoms with E-state index in [1.54, 1.807) is 0 Å². The molecule has 2 fully saturated rings. The number of hydrogen-bond acceptors (Lipinski definition) is 4. The number of amides is 2. The fourth-order valence-electron chi connectivity index (χ4n) is 2.29. The van der Waals surface area contributed by atoms with E-state index in [-0.39, 0.29) is 18.4 Å². The van der Waals surface area contributed by atoms with Gasteiger partial charge in [0.2, 0.25) is 11.8 Å². The number of nitrogens with zero attached hydrogens (tertiary/aromatic N) is 1. The van der Waals surface area contributed by atoms with Gasteiger partial charge in [-0.2, -0.15) is 0 Å². The summed E-state index contributed by atoms with van der Waals surface area (Å²) < 4.78 is 0. The minimum Gasteiger partial charge on any atom is -0.370 e. The highest BCUT2D eigenvalue weighted by Gasteiger charge is 2.35. The number of hydrogen-bond donors (Lipinski definition) is 3. The molecule has 0 aromatic rings. The number of primary amides is 1. The summed E-state index contributed by atoms with van der Waals surface area (Å²) in [6.45, 7) is 1.94. The average molecular weight is 240 g/mol. The van der Waals surface area contributed by atoms with Crippen molar-refractivity contribution in [1.29, 1.82) is 0 Å². The Morgan fingerprint density at radius 3 is 2.65 bits per heavy atom. The van der Waals surface area contributed by atoms with Crippen molar-refractivity contribution in [2.75, 3.05) is 13.1 Å². The Kier molecular flexibility index (Phi) is 3.63. The van der Waals surface area contributed by atoms with E-state index in [2.05, 4.69) is 10.2 Å². The van der Waals surface area contributed by atoms with Gasteiger partial charge in [-0.3, -0.25) is 14.5 Å². The molecule has 2 amide bonds. The van der Waals surface area contributed by atoms with Crippen molar-refractivity contribution in [2.45, 2.75) is 43.8 Å². The Labute approximate surface area is 101 Å². The molecule has 1 saturated carbocycles. The topological polar surface area (TPSA) is 101 Å². The monoisotopic (exact) mass is 240 g/mol. The lowest BCUT2D eigenvalue weighted by atomic mass is 10.1. The second kappa shape index (κ2) is 5.01. The van der Waals surface area contributed by atoms with Crippen molar-refractivity contribution in [3.8, 4) is 0 Å². The summed E-state index contributed by atoms with van der Waals surface area (Å²) >= 11 is 0. The van der Waals surface area contributed by atoms with Crippen molar-refractivity contribution >= 4 is 11.8 Å². The predicted molar refractivity (Wildman–Crippen MR) is 62.9 cm³/mol. The van der Waals surface area contributed by atoms with Crippen LogP contribution in [0.15, 0.2) is 0 Å². The lowest BCUT2D eigenvalue weighted by molar-refractivity contribution is -0.126. The molecule has 1 saturated heterocycles. The zero-order valence-electron chi connectivity index (χ0n) is 9.89. The number of rotatable bonds is 5. The lowest BCUT2D eigenvalue weighted by Crippen LogP contribution is -2.47. The molecule has 0 bridgehead atoms. The Hall–Kier alpha value is -1.14. The summed E-state index contributed by atoms with van der Waals surface area (Å²) in [4.78, 5) is 24.7. The standard InChI is InChI=1S/C11H20N4O2/c12-9(5-10(13)16)11(17)14-7-3-4-15(6-7)8-1-2-8/h7-9H,1-6,12H2,(H2,13,16)(H,14,17). The van der Waals surface area contributed by atoms with Crippen LogP contribution in [0.25, 0.3) is 0 Å². The van der Waals surface area contributed by atoms with E-state index in [9.17, 15) is 9.59 Å². The normalized spacial score (nSPS) is 26.8. The number of carbonyl (C=O) groups excluding carboxylic acids is 2. The lowest BCUT2D eigenvalue weighted by Gasteiger charge is -2.17. The van der Waals surface area contributed by atoms with Crippen LogP contribution in [-0.4, -0.2) is 47.9 Å². The van der Waals surface area contributed by atoms with Gasteiger partial charge in [0.15, 0.2) is 0 Å². The first-order valence-corrected chi connectivity index (χ1v) is 6.14. The molecule has 1 heterocycles. The third-order valence-corrected chi connectivity index (χ3v) is 3.39. The number of likely N-dealkylation sites (tertiary alicyclic amines) is 1. The Morgan fingerprint density at radius 2 is 2.06 bits per heavy atom. The number of nitrogens with one attached hydrogen (secondary N) is 1. The van der Waals surface area contributed by atoms with E-state index >= 15 is 0 Å². The SMILES string of the molecule is NC(=O)CC(N)C(=O)NC1CCN(C2CC2)C1. The summed E-state index contributed by atoms with van der Waals surface area (Å²) in [7, 11) is 0. The Bertz CT molecular complexity index is 317. The molecule has 6 nitrogen and oxygen atoms in total. The summed E-state index contributed by atoms with van der Waals surface area (Å²) in [5, 5.41) is 2.88. The largest absolute Gasteiger partial charge is 0.370 e. The summed E-state index contributed by atoms with van der Waals surface area (Å²) in [5.41, 5.74) is 10.6. The van der Waals surface area contributed by atoms with Crippen LogP contribution in [-0.2, 0) is 9.59 Å². The molecule has 1 aliphatic carbocycles. The maximum Gasteiger partial charge on any atom is 0.237 e. The van der Waals surface area contributed by atoms with E-state index in [0.29, 0.717) is 0 Å². The molecule has 2 atom stereocenters. The molecular weight excluding hydrogens is 220 g/mol. The van der Waals surface area contributed by atoms with Gasteiger partial charge in [-0.25, -0.2) is 0 Å². The van der Waals surface area contributed by atoms with Crippen molar-refractivity contribution < 1.29 is 9.59 Å². The molecule has 0 radical (unpaired) electrons. The van der Waals surface area contributed by atoms with Crippen LogP contribution in [0.2, 0.25) is 0 Å². The second-order valence-electron chi connectivity index (χ2n) is 5.00. The van der Waals surface area contributed by atoms with Crippen LogP contribution >= 0.6 is 0 Å². The Morgan fingerprint density at radius 1 is 1.35 bits per heavy atom. The van der Waals surface area contributed by atoms with Gasteiger partial charge in [0, 0.05) is 25.2 Å². The van der Waals surface area contributed by atoms with Crippen molar-refractivity contribution in [3.63, 3.8) is 0 Å². The Balaban J connectivity index is 1.73. The highest BCUT2D eigenvalue weighted by atomic mass is 16.2. The molecule has 0 aromatic heterocycles. The number of nitrogens with two attached hydrogens (primary N) is 2. The zero-order chi connectivity index (χ0) is 12.4. The third kappa shape index (κ3) is 3.41. The molecule has 1 aliphatic heterocycles. The van der Waals surface area contributed by atoms with Gasteiger partial charge in [0.1, 0.15) is 0 Å².